The summed E-state index contributed by atoms with van der Waals surface area (Å²) in [6.45, 7) is 9.83. The quantitative estimate of drug-likeness (QED) is 0.572. The number of ether oxygens (including phenoxy) is 1. The zero-order chi connectivity index (χ0) is 21.6. The van der Waals surface area contributed by atoms with Gasteiger partial charge >= 0.3 is 6.09 Å². The second-order valence-corrected chi connectivity index (χ2v) is 8.31. The van der Waals surface area contributed by atoms with Crippen LogP contribution < -0.4 is 11.1 Å². The van der Waals surface area contributed by atoms with Crippen molar-refractivity contribution >= 4 is 35.2 Å². The highest BCUT2D eigenvalue weighted by atomic mass is 35.5. The lowest BCUT2D eigenvalue weighted by Gasteiger charge is -2.36. The Morgan fingerprint density at radius 3 is 2.45 bits per heavy atom. The summed E-state index contributed by atoms with van der Waals surface area (Å²) in [5, 5.41) is 3.44. The van der Waals surface area contributed by atoms with Crippen LogP contribution in [0.15, 0.2) is 23.2 Å². The molecule has 1 fully saturated rings. The van der Waals surface area contributed by atoms with Gasteiger partial charge < -0.3 is 25.6 Å². The summed E-state index contributed by atoms with van der Waals surface area (Å²) in [7, 11) is 0. The third-order valence-corrected chi connectivity index (χ3v) is 4.82. The lowest BCUT2D eigenvalue weighted by Crippen LogP contribution is -2.53. The smallest absolute Gasteiger partial charge is 0.410 e. The van der Waals surface area contributed by atoms with Crippen molar-refractivity contribution < 1.29 is 14.3 Å². The van der Waals surface area contributed by atoms with Gasteiger partial charge in [0.2, 0.25) is 5.91 Å². The zero-order valence-electron chi connectivity index (χ0n) is 17.5. The van der Waals surface area contributed by atoms with Crippen molar-refractivity contribution in [1.82, 2.24) is 9.80 Å². The molecule has 1 aliphatic rings. The number of carbonyl (C=O) groups is 2. The first kappa shape index (κ1) is 22.8. The van der Waals surface area contributed by atoms with Gasteiger partial charge in [-0.25, -0.2) is 4.79 Å². The van der Waals surface area contributed by atoms with Crippen molar-refractivity contribution in [2.24, 2.45) is 10.7 Å². The van der Waals surface area contributed by atoms with Crippen molar-refractivity contribution in [3.8, 4) is 0 Å². The van der Waals surface area contributed by atoms with Crippen LogP contribution in [0.4, 0.5) is 10.5 Å². The van der Waals surface area contributed by atoms with Gasteiger partial charge in [0.1, 0.15) is 5.60 Å². The van der Waals surface area contributed by atoms with E-state index in [-0.39, 0.29) is 25.0 Å². The Labute approximate surface area is 177 Å². The fourth-order valence-electron chi connectivity index (χ4n) is 2.77. The van der Waals surface area contributed by atoms with Crippen LogP contribution in [0.1, 0.15) is 32.8 Å². The largest absolute Gasteiger partial charge is 0.444 e. The normalized spacial score (nSPS) is 15.3. The van der Waals surface area contributed by atoms with Crippen LogP contribution in [-0.4, -0.2) is 66.1 Å². The molecule has 1 aromatic carbocycles. The highest BCUT2D eigenvalue weighted by molar-refractivity contribution is 6.31. The van der Waals surface area contributed by atoms with Gasteiger partial charge in [-0.3, -0.25) is 9.79 Å². The lowest BCUT2D eigenvalue weighted by molar-refractivity contribution is -0.116. The Hall–Kier alpha value is -2.48. The zero-order valence-corrected chi connectivity index (χ0v) is 18.3. The van der Waals surface area contributed by atoms with E-state index in [0.717, 1.165) is 5.56 Å². The van der Waals surface area contributed by atoms with Gasteiger partial charge in [0.25, 0.3) is 0 Å². The summed E-state index contributed by atoms with van der Waals surface area (Å²) in [5.41, 5.74) is 7.05. The molecular weight excluding hydrogens is 394 g/mol. The molecule has 3 N–H and O–H groups in total. The molecule has 0 aromatic heterocycles. The standard InChI is InChI=1S/C20H30ClN5O3/c1-14-15(21)6-5-7-16(14)24-17(27)8-9-23-18(22)25-10-12-26(13-11-25)19(28)29-20(2,3)4/h5-7H,8-13H2,1-4H3,(H2,22,23)(H,24,27). The van der Waals surface area contributed by atoms with E-state index in [1.807, 2.05) is 32.6 Å². The van der Waals surface area contributed by atoms with Gasteiger partial charge in [0.15, 0.2) is 5.96 Å². The SMILES string of the molecule is Cc1c(Cl)cccc1NC(=O)CCN=C(N)N1CCN(C(=O)OC(C)(C)C)CC1. The molecule has 0 radical (unpaired) electrons. The molecule has 2 amide bonds. The number of hydrogen-bond donors (Lipinski definition) is 2. The number of halogens is 1. The molecule has 0 saturated carbocycles. The number of benzene rings is 1. The molecule has 0 bridgehead atoms. The van der Waals surface area contributed by atoms with Gasteiger partial charge in [-0.05, 0) is 45.4 Å². The number of nitrogens with zero attached hydrogens (tertiary/aromatic N) is 3. The predicted octanol–water partition coefficient (Wildman–Crippen LogP) is 2.84. The highest BCUT2D eigenvalue weighted by Gasteiger charge is 2.26. The second-order valence-electron chi connectivity index (χ2n) is 7.90. The number of hydrogen-bond acceptors (Lipinski definition) is 4. The molecule has 0 atom stereocenters. The average Bonchev–Trinajstić information content (AvgIpc) is 2.64. The monoisotopic (exact) mass is 423 g/mol. The molecule has 1 heterocycles. The van der Waals surface area contributed by atoms with Gasteiger partial charge in [-0.15, -0.1) is 0 Å². The van der Waals surface area contributed by atoms with E-state index in [9.17, 15) is 9.59 Å². The molecule has 2 rings (SSSR count). The number of aliphatic imine (C=N–C) groups is 1. The van der Waals surface area contributed by atoms with Crippen LogP contribution in [0, 0.1) is 6.92 Å². The van der Waals surface area contributed by atoms with Crippen LogP contribution in [0.2, 0.25) is 5.02 Å². The molecule has 1 aliphatic heterocycles. The fraction of sp³-hybridized carbons (Fsp3) is 0.550. The van der Waals surface area contributed by atoms with Gasteiger partial charge in [0.05, 0.1) is 6.54 Å². The number of piperazine rings is 1. The molecule has 0 spiro atoms. The van der Waals surface area contributed by atoms with Crippen LogP contribution >= 0.6 is 11.6 Å². The molecule has 9 heteroatoms. The molecule has 8 nitrogen and oxygen atoms in total. The molecule has 29 heavy (non-hydrogen) atoms. The molecular formula is C20H30ClN5O3. The highest BCUT2D eigenvalue weighted by Crippen LogP contribution is 2.23. The average molecular weight is 424 g/mol. The van der Waals surface area contributed by atoms with Gasteiger partial charge in [0, 0.05) is 43.3 Å². The minimum absolute atomic E-state index is 0.151. The van der Waals surface area contributed by atoms with E-state index in [1.54, 1.807) is 23.1 Å². The Kier molecular flexibility index (Phi) is 7.73. The lowest BCUT2D eigenvalue weighted by atomic mass is 10.2. The Morgan fingerprint density at radius 1 is 1.21 bits per heavy atom. The number of nitrogens with one attached hydrogen (secondary N) is 1. The summed E-state index contributed by atoms with van der Waals surface area (Å²) in [5.74, 6) is 0.224. The molecule has 0 aliphatic carbocycles. The van der Waals surface area contributed by atoms with Crippen molar-refractivity contribution in [2.75, 3.05) is 38.0 Å². The van der Waals surface area contributed by atoms with E-state index in [0.29, 0.717) is 42.8 Å². The number of nitrogens with two attached hydrogens (primary N) is 1. The van der Waals surface area contributed by atoms with Crippen LogP contribution in [0.25, 0.3) is 0 Å². The summed E-state index contributed by atoms with van der Waals surface area (Å²) in [6, 6.07) is 5.37. The first-order valence-corrected chi connectivity index (χ1v) is 10.0. The Balaban J connectivity index is 1.77. The Morgan fingerprint density at radius 2 is 1.83 bits per heavy atom. The van der Waals surface area contributed by atoms with Crippen LogP contribution in [0.3, 0.4) is 0 Å². The first-order valence-electron chi connectivity index (χ1n) is 9.64. The number of rotatable bonds is 4. The molecule has 160 valence electrons. The van der Waals surface area contributed by atoms with Crippen molar-refractivity contribution in [3.05, 3.63) is 28.8 Å². The predicted molar refractivity (Wildman–Crippen MR) is 115 cm³/mol. The Bertz CT molecular complexity index is 768. The van der Waals surface area contributed by atoms with Crippen LogP contribution in [-0.2, 0) is 9.53 Å². The maximum Gasteiger partial charge on any atom is 0.410 e. The third kappa shape index (κ3) is 7.12. The third-order valence-electron chi connectivity index (χ3n) is 4.41. The maximum atomic E-state index is 12.1. The number of carbonyl (C=O) groups excluding carboxylic acids is 2. The molecule has 1 aromatic rings. The van der Waals surface area contributed by atoms with Crippen molar-refractivity contribution in [1.29, 1.82) is 0 Å². The summed E-state index contributed by atoms with van der Waals surface area (Å²) < 4.78 is 5.38. The van der Waals surface area contributed by atoms with Crippen molar-refractivity contribution in [2.45, 2.75) is 39.7 Å². The fourth-order valence-corrected chi connectivity index (χ4v) is 2.95. The maximum absolute atomic E-state index is 12.1. The number of anilines is 1. The van der Waals surface area contributed by atoms with Gasteiger partial charge in [-0.2, -0.15) is 0 Å². The van der Waals surface area contributed by atoms with Crippen molar-refractivity contribution in [3.63, 3.8) is 0 Å². The van der Waals surface area contributed by atoms with E-state index in [2.05, 4.69) is 10.3 Å². The van der Waals surface area contributed by atoms with E-state index >= 15 is 0 Å². The minimum Gasteiger partial charge on any atom is -0.444 e. The first-order chi connectivity index (χ1) is 13.6. The molecule has 0 unspecified atom stereocenters. The van der Waals surface area contributed by atoms with E-state index in [1.165, 1.54) is 0 Å². The molecule has 1 saturated heterocycles. The summed E-state index contributed by atoms with van der Waals surface area (Å²) in [4.78, 5) is 32.1. The minimum atomic E-state index is -0.515. The number of amides is 2. The van der Waals surface area contributed by atoms with E-state index < -0.39 is 5.60 Å². The van der Waals surface area contributed by atoms with E-state index in [4.69, 9.17) is 22.1 Å². The topological polar surface area (TPSA) is 100 Å². The van der Waals surface area contributed by atoms with Gasteiger partial charge in [-0.1, -0.05) is 17.7 Å². The summed E-state index contributed by atoms with van der Waals surface area (Å²) >= 11 is 6.06. The van der Waals surface area contributed by atoms with Crippen LogP contribution in [0.5, 0.6) is 0 Å². The second kappa shape index (κ2) is 9.82. The number of guanidine groups is 1. The summed E-state index contributed by atoms with van der Waals surface area (Å²) in [6.07, 6.45) is -0.106.